The monoisotopic (exact) mass is 147 g/mol. The van der Waals surface area contributed by atoms with Gasteiger partial charge in [0, 0.05) is 5.69 Å². The number of allylic oxidation sites excluding steroid dienone is 1. The van der Waals surface area contributed by atoms with Gasteiger partial charge in [-0.25, -0.2) is 0 Å². The Labute approximate surface area is 67.5 Å². The average molecular weight is 147 g/mol. The zero-order chi connectivity index (χ0) is 8.43. The summed E-state index contributed by atoms with van der Waals surface area (Å²) < 4.78 is 0. The molecule has 11 heavy (non-hydrogen) atoms. The van der Waals surface area contributed by atoms with Crippen LogP contribution in [0.15, 0.2) is 24.8 Å². The van der Waals surface area contributed by atoms with Gasteiger partial charge in [0.15, 0.2) is 0 Å². The lowest BCUT2D eigenvalue weighted by molar-refractivity contribution is 1.41. The second-order valence-corrected chi connectivity index (χ2v) is 2.85. The predicted molar refractivity (Wildman–Crippen MR) is 50.3 cm³/mol. The summed E-state index contributed by atoms with van der Waals surface area (Å²) in [6, 6.07) is 5.87. The summed E-state index contributed by atoms with van der Waals surface area (Å²) in [5.74, 6) is 0. The Hall–Kier alpha value is -1.24. The summed E-state index contributed by atoms with van der Waals surface area (Å²) in [6.45, 7) is 7.92. The summed E-state index contributed by atoms with van der Waals surface area (Å²) in [6.07, 6.45) is 0. The molecule has 0 amide bonds. The first kappa shape index (κ1) is 7.86. The first-order valence-electron chi connectivity index (χ1n) is 3.63. The maximum absolute atomic E-state index is 5.60. The molecule has 2 N–H and O–H groups in total. The van der Waals surface area contributed by atoms with Gasteiger partial charge in [0.25, 0.3) is 0 Å². The first-order chi connectivity index (χ1) is 5.11. The molecule has 0 unspecified atom stereocenters. The van der Waals surface area contributed by atoms with Crippen LogP contribution in [0.25, 0.3) is 5.57 Å². The SMILES string of the molecule is C=C(C)c1ccc(N)cc1C. The molecule has 0 saturated carbocycles. The molecule has 0 aliphatic heterocycles. The van der Waals surface area contributed by atoms with E-state index in [4.69, 9.17) is 5.73 Å². The van der Waals surface area contributed by atoms with Crippen LogP contribution in [0.1, 0.15) is 18.1 Å². The maximum Gasteiger partial charge on any atom is 0.0317 e. The average Bonchev–Trinajstić information content (AvgIpc) is 1.85. The molecule has 0 radical (unpaired) electrons. The van der Waals surface area contributed by atoms with Crippen LogP contribution in [0.5, 0.6) is 0 Å². The third kappa shape index (κ3) is 1.61. The fourth-order valence-corrected chi connectivity index (χ4v) is 1.17. The van der Waals surface area contributed by atoms with Gasteiger partial charge < -0.3 is 5.73 Å². The lowest BCUT2D eigenvalue weighted by atomic mass is 10.0. The highest BCUT2D eigenvalue weighted by Crippen LogP contribution is 2.18. The topological polar surface area (TPSA) is 26.0 Å². The molecule has 0 spiro atoms. The molecule has 0 saturated heterocycles. The summed E-state index contributed by atoms with van der Waals surface area (Å²) in [5.41, 5.74) is 9.88. The summed E-state index contributed by atoms with van der Waals surface area (Å²) >= 11 is 0. The van der Waals surface area contributed by atoms with E-state index in [0.717, 1.165) is 11.3 Å². The quantitative estimate of drug-likeness (QED) is 0.607. The summed E-state index contributed by atoms with van der Waals surface area (Å²) in [7, 11) is 0. The Balaban J connectivity index is 3.20. The van der Waals surface area contributed by atoms with Gasteiger partial charge in [0.1, 0.15) is 0 Å². The molecule has 1 heteroatoms. The maximum atomic E-state index is 5.60. The van der Waals surface area contributed by atoms with Crippen LogP contribution in [-0.2, 0) is 0 Å². The van der Waals surface area contributed by atoms with E-state index in [2.05, 4.69) is 6.58 Å². The molecule has 58 valence electrons. The third-order valence-electron chi connectivity index (χ3n) is 1.71. The third-order valence-corrected chi connectivity index (χ3v) is 1.71. The molecule has 0 bridgehead atoms. The van der Waals surface area contributed by atoms with Gasteiger partial charge in [0.2, 0.25) is 0 Å². The van der Waals surface area contributed by atoms with Crippen molar-refractivity contribution in [3.05, 3.63) is 35.9 Å². The molecule has 1 rings (SSSR count). The molecule has 0 fully saturated rings. The number of nitrogens with two attached hydrogens (primary N) is 1. The first-order valence-corrected chi connectivity index (χ1v) is 3.63. The predicted octanol–water partition coefficient (Wildman–Crippen LogP) is 2.61. The number of rotatable bonds is 1. The van der Waals surface area contributed by atoms with E-state index in [1.165, 1.54) is 11.1 Å². The van der Waals surface area contributed by atoms with Gasteiger partial charge in [-0.2, -0.15) is 0 Å². The fourth-order valence-electron chi connectivity index (χ4n) is 1.17. The highest BCUT2D eigenvalue weighted by Gasteiger charge is 1.97. The van der Waals surface area contributed by atoms with E-state index < -0.39 is 0 Å². The number of benzene rings is 1. The van der Waals surface area contributed by atoms with Crippen molar-refractivity contribution in [3.8, 4) is 0 Å². The zero-order valence-corrected chi connectivity index (χ0v) is 7.02. The molecule has 1 aromatic carbocycles. The van der Waals surface area contributed by atoms with Gasteiger partial charge in [-0.3, -0.25) is 0 Å². The van der Waals surface area contributed by atoms with Crippen LogP contribution in [-0.4, -0.2) is 0 Å². The van der Waals surface area contributed by atoms with Crippen LogP contribution >= 0.6 is 0 Å². The minimum Gasteiger partial charge on any atom is -0.399 e. The minimum absolute atomic E-state index is 0.813. The number of aryl methyl sites for hydroxylation is 1. The van der Waals surface area contributed by atoms with E-state index in [0.29, 0.717) is 0 Å². The van der Waals surface area contributed by atoms with E-state index in [9.17, 15) is 0 Å². The molecule has 1 aromatic rings. The molecule has 0 aromatic heterocycles. The van der Waals surface area contributed by atoms with Crippen LogP contribution in [0, 0.1) is 6.92 Å². The van der Waals surface area contributed by atoms with E-state index >= 15 is 0 Å². The van der Waals surface area contributed by atoms with Crippen LogP contribution in [0.2, 0.25) is 0 Å². The van der Waals surface area contributed by atoms with Crippen LogP contribution in [0.3, 0.4) is 0 Å². The molecular formula is C10H13N. The zero-order valence-electron chi connectivity index (χ0n) is 7.02. The Kier molecular flexibility index (Phi) is 1.99. The Morgan fingerprint density at radius 3 is 2.55 bits per heavy atom. The number of hydrogen-bond donors (Lipinski definition) is 1. The standard InChI is InChI=1S/C10H13N/c1-7(2)10-5-4-9(11)6-8(10)3/h4-6H,1,11H2,2-3H3. The van der Waals surface area contributed by atoms with Crippen molar-refractivity contribution in [2.24, 2.45) is 0 Å². The van der Waals surface area contributed by atoms with Gasteiger partial charge in [0.05, 0.1) is 0 Å². The van der Waals surface area contributed by atoms with Gasteiger partial charge in [-0.05, 0) is 37.1 Å². The number of hydrogen-bond acceptors (Lipinski definition) is 1. The molecule has 0 atom stereocenters. The lowest BCUT2D eigenvalue weighted by Gasteiger charge is -2.04. The van der Waals surface area contributed by atoms with Crippen molar-refractivity contribution in [2.45, 2.75) is 13.8 Å². The van der Waals surface area contributed by atoms with Crippen molar-refractivity contribution in [2.75, 3.05) is 5.73 Å². The second kappa shape index (κ2) is 2.79. The van der Waals surface area contributed by atoms with Crippen molar-refractivity contribution in [1.82, 2.24) is 0 Å². The molecule has 1 nitrogen and oxygen atoms in total. The second-order valence-electron chi connectivity index (χ2n) is 2.85. The van der Waals surface area contributed by atoms with Crippen LogP contribution in [0.4, 0.5) is 5.69 Å². The van der Waals surface area contributed by atoms with Crippen molar-refractivity contribution < 1.29 is 0 Å². The smallest absolute Gasteiger partial charge is 0.0317 e. The van der Waals surface area contributed by atoms with E-state index in [1.807, 2.05) is 32.0 Å². The Bertz CT molecular complexity index is 287. The van der Waals surface area contributed by atoms with E-state index in [1.54, 1.807) is 0 Å². The van der Waals surface area contributed by atoms with Crippen LogP contribution < -0.4 is 5.73 Å². The van der Waals surface area contributed by atoms with Gasteiger partial charge in [-0.15, -0.1) is 0 Å². The largest absolute Gasteiger partial charge is 0.399 e. The molecular weight excluding hydrogens is 134 g/mol. The summed E-state index contributed by atoms with van der Waals surface area (Å²) in [5, 5.41) is 0. The van der Waals surface area contributed by atoms with Gasteiger partial charge in [-0.1, -0.05) is 18.2 Å². The minimum atomic E-state index is 0.813. The van der Waals surface area contributed by atoms with Crippen molar-refractivity contribution in [3.63, 3.8) is 0 Å². The molecule has 0 aliphatic rings. The van der Waals surface area contributed by atoms with Crippen molar-refractivity contribution >= 4 is 11.3 Å². The highest BCUT2D eigenvalue weighted by molar-refractivity contribution is 5.66. The molecule has 0 heterocycles. The lowest BCUT2D eigenvalue weighted by Crippen LogP contribution is -1.89. The number of nitrogen functional groups attached to an aromatic ring is 1. The van der Waals surface area contributed by atoms with Gasteiger partial charge >= 0.3 is 0 Å². The van der Waals surface area contributed by atoms with E-state index in [-0.39, 0.29) is 0 Å². The number of anilines is 1. The summed E-state index contributed by atoms with van der Waals surface area (Å²) in [4.78, 5) is 0. The molecule has 0 aliphatic carbocycles. The van der Waals surface area contributed by atoms with Crippen molar-refractivity contribution in [1.29, 1.82) is 0 Å². The Morgan fingerprint density at radius 1 is 1.45 bits per heavy atom. The normalized spacial score (nSPS) is 9.64. The highest BCUT2D eigenvalue weighted by atomic mass is 14.5. The fraction of sp³-hybridized carbons (Fsp3) is 0.200. The Morgan fingerprint density at radius 2 is 2.09 bits per heavy atom.